The Morgan fingerprint density at radius 3 is 2.45 bits per heavy atom. The first-order valence-electron chi connectivity index (χ1n) is 6.01. The highest BCUT2D eigenvalue weighted by molar-refractivity contribution is 9.10. The number of hydrogen-bond donors (Lipinski definition) is 1. The van der Waals surface area contributed by atoms with E-state index in [0.29, 0.717) is 17.4 Å². The lowest BCUT2D eigenvalue weighted by Gasteiger charge is -2.14. The molecule has 1 N–H and O–H groups in total. The summed E-state index contributed by atoms with van der Waals surface area (Å²) in [6.45, 7) is 2.06. The Hall–Kier alpha value is -0.550. The van der Waals surface area contributed by atoms with Crippen LogP contribution in [0.2, 0.25) is 5.02 Å². The molecule has 0 fully saturated rings. The predicted octanol–water partition coefficient (Wildman–Crippen LogP) is 5.50. The Kier molecular flexibility index (Phi) is 5.49. The van der Waals surface area contributed by atoms with E-state index in [1.165, 1.54) is 0 Å². The van der Waals surface area contributed by atoms with Crippen LogP contribution in [0.15, 0.2) is 45.3 Å². The van der Waals surface area contributed by atoms with E-state index >= 15 is 0 Å². The summed E-state index contributed by atoms with van der Waals surface area (Å²) in [7, 11) is 0. The van der Waals surface area contributed by atoms with Gasteiger partial charge in [-0.2, -0.15) is 0 Å². The van der Waals surface area contributed by atoms with Crippen molar-refractivity contribution in [2.24, 2.45) is 0 Å². The van der Waals surface area contributed by atoms with Gasteiger partial charge in [-0.05, 0) is 37.3 Å². The zero-order chi connectivity index (χ0) is 14.7. The molecular formula is C15H13Br2ClO2. The third kappa shape index (κ3) is 3.98. The van der Waals surface area contributed by atoms with Crippen LogP contribution in [0.1, 0.15) is 24.2 Å². The number of hydrogen-bond acceptors (Lipinski definition) is 2. The minimum absolute atomic E-state index is 0.355. The van der Waals surface area contributed by atoms with Gasteiger partial charge in [-0.15, -0.1) is 0 Å². The molecule has 2 rings (SSSR count). The predicted molar refractivity (Wildman–Crippen MR) is 88.3 cm³/mol. The number of rotatable bonds is 4. The molecule has 106 valence electrons. The lowest BCUT2D eigenvalue weighted by atomic mass is 10.1. The zero-order valence-electron chi connectivity index (χ0n) is 10.7. The van der Waals surface area contributed by atoms with Gasteiger partial charge in [0.25, 0.3) is 0 Å². The molecule has 0 aromatic heterocycles. The standard InChI is InChI=1S/C15H13Br2ClO2/c1-9(19)13-6-11(16)4-5-15(13)20-8-10-2-3-12(17)7-14(10)18/h2-7,9,19H,8H2,1H3. The zero-order valence-corrected chi connectivity index (χ0v) is 14.7. The summed E-state index contributed by atoms with van der Waals surface area (Å²) >= 11 is 12.9. The second kappa shape index (κ2) is 6.94. The van der Waals surface area contributed by atoms with E-state index in [4.69, 9.17) is 16.3 Å². The summed E-state index contributed by atoms with van der Waals surface area (Å²) in [6, 6.07) is 11.2. The fourth-order valence-electron chi connectivity index (χ4n) is 1.77. The number of aliphatic hydroxyl groups excluding tert-OH is 1. The van der Waals surface area contributed by atoms with E-state index < -0.39 is 6.10 Å². The summed E-state index contributed by atoms with van der Waals surface area (Å²) in [5.41, 5.74) is 1.64. The summed E-state index contributed by atoms with van der Waals surface area (Å²) < 4.78 is 7.61. The topological polar surface area (TPSA) is 29.5 Å². The average molecular weight is 421 g/mol. The highest BCUT2D eigenvalue weighted by Gasteiger charge is 2.11. The van der Waals surface area contributed by atoms with Gasteiger partial charge in [0.05, 0.1) is 6.10 Å². The first-order valence-corrected chi connectivity index (χ1v) is 7.98. The summed E-state index contributed by atoms with van der Waals surface area (Å²) in [6.07, 6.45) is -0.595. The van der Waals surface area contributed by atoms with Gasteiger partial charge in [0.2, 0.25) is 0 Å². The van der Waals surface area contributed by atoms with Gasteiger partial charge < -0.3 is 9.84 Å². The third-order valence-corrected chi connectivity index (χ3v) is 4.16. The molecule has 0 aliphatic carbocycles. The van der Waals surface area contributed by atoms with Gasteiger partial charge in [-0.25, -0.2) is 0 Å². The molecule has 0 aliphatic rings. The lowest BCUT2D eigenvalue weighted by molar-refractivity contribution is 0.190. The van der Waals surface area contributed by atoms with Crippen LogP contribution in [0.25, 0.3) is 0 Å². The number of benzene rings is 2. The number of aliphatic hydroxyl groups is 1. The highest BCUT2D eigenvalue weighted by atomic mass is 79.9. The van der Waals surface area contributed by atoms with Crippen molar-refractivity contribution in [1.82, 2.24) is 0 Å². The molecular weight excluding hydrogens is 407 g/mol. The molecule has 2 nitrogen and oxygen atoms in total. The van der Waals surface area contributed by atoms with Crippen molar-refractivity contribution < 1.29 is 9.84 Å². The summed E-state index contributed by atoms with van der Waals surface area (Å²) in [4.78, 5) is 0. The molecule has 20 heavy (non-hydrogen) atoms. The molecule has 0 radical (unpaired) electrons. The van der Waals surface area contributed by atoms with Crippen LogP contribution in [-0.4, -0.2) is 5.11 Å². The Bertz CT molecular complexity index is 615. The minimum atomic E-state index is -0.595. The fraction of sp³-hybridized carbons (Fsp3) is 0.200. The summed E-state index contributed by atoms with van der Waals surface area (Å²) in [5.74, 6) is 0.655. The summed E-state index contributed by atoms with van der Waals surface area (Å²) in [5, 5.41) is 10.4. The van der Waals surface area contributed by atoms with Gasteiger partial charge in [0, 0.05) is 25.1 Å². The van der Waals surface area contributed by atoms with E-state index in [1.54, 1.807) is 6.92 Å². The third-order valence-electron chi connectivity index (χ3n) is 2.82. The van der Waals surface area contributed by atoms with Crippen LogP contribution in [0, 0.1) is 0 Å². The van der Waals surface area contributed by atoms with Gasteiger partial charge in [0.15, 0.2) is 0 Å². The highest BCUT2D eigenvalue weighted by Crippen LogP contribution is 2.30. The van der Waals surface area contributed by atoms with Gasteiger partial charge >= 0.3 is 0 Å². The van der Waals surface area contributed by atoms with Crippen molar-refractivity contribution in [3.05, 3.63) is 61.5 Å². The maximum Gasteiger partial charge on any atom is 0.125 e. The molecule has 1 atom stereocenters. The molecule has 5 heteroatoms. The van der Waals surface area contributed by atoms with Crippen LogP contribution in [0.3, 0.4) is 0 Å². The average Bonchev–Trinajstić information content (AvgIpc) is 2.38. The molecule has 0 heterocycles. The number of halogens is 3. The van der Waals surface area contributed by atoms with Crippen LogP contribution in [-0.2, 0) is 6.61 Å². The Labute approximate surface area is 140 Å². The van der Waals surface area contributed by atoms with E-state index in [2.05, 4.69) is 31.9 Å². The van der Waals surface area contributed by atoms with Gasteiger partial charge in [-0.1, -0.05) is 49.5 Å². The molecule has 0 saturated carbocycles. The van der Waals surface area contributed by atoms with Crippen molar-refractivity contribution in [3.8, 4) is 5.75 Å². The van der Waals surface area contributed by atoms with Crippen molar-refractivity contribution in [2.45, 2.75) is 19.6 Å². The normalized spacial score (nSPS) is 12.2. The second-order valence-corrected chi connectivity index (χ2v) is 6.62. The molecule has 1 unspecified atom stereocenters. The molecule has 2 aromatic carbocycles. The molecule has 0 bridgehead atoms. The maximum atomic E-state index is 9.78. The molecule has 0 amide bonds. The van der Waals surface area contributed by atoms with Crippen molar-refractivity contribution >= 4 is 43.5 Å². The van der Waals surface area contributed by atoms with Crippen LogP contribution in [0.5, 0.6) is 5.75 Å². The molecule has 0 spiro atoms. The van der Waals surface area contributed by atoms with E-state index in [0.717, 1.165) is 20.1 Å². The van der Waals surface area contributed by atoms with Crippen molar-refractivity contribution in [3.63, 3.8) is 0 Å². The SMILES string of the molecule is CC(O)c1cc(Br)ccc1OCc1ccc(Br)cc1Cl. The smallest absolute Gasteiger partial charge is 0.125 e. The van der Waals surface area contributed by atoms with E-state index in [9.17, 15) is 5.11 Å². The quantitative estimate of drug-likeness (QED) is 0.708. The Morgan fingerprint density at radius 2 is 1.80 bits per heavy atom. The molecule has 0 aliphatic heterocycles. The fourth-order valence-corrected chi connectivity index (χ4v) is 2.88. The first kappa shape index (κ1) is 15.8. The van der Waals surface area contributed by atoms with Gasteiger partial charge in [-0.3, -0.25) is 0 Å². The minimum Gasteiger partial charge on any atom is -0.488 e. The number of ether oxygens (including phenoxy) is 1. The lowest BCUT2D eigenvalue weighted by Crippen LogP contribution is -2.01. The molecule has 0 saturated heterocycles. The second-order valence-electron chi connectivity index (χ2n) is 4.38. The van der Waals surface area contributed by atoms with E-state index in [-0.39, 0.29) is 0 Å². The first-order chi connectivity index (χ1) is 9.47. The van der Waals surface area contributed by atoms with Crippen molar-refractivity contribution in [1.29, 1.82) is 0 Å². The van der Waals surface area contributed by atoms with Crippen LogP contribution in [0.4, 0.5) is 0 Å². The molecule has 2 aromatic rings. The maximum absolute atomic E-state index is 9.78. The van der Waals surface area contributed by atoms with Crippen molar-refractivity contribution in [2.75, 3.05) is 0 Å². The van der Waals surface area contributed by atoms with Gasteiger partial charge in [0.1, 0.15) is 12.4 Å². The van der Waals surface area contributed by atoms with Crippen LogP contribution < -0.4 is 4.74 Å². The van der Waals surface area contributed by atoms with Crippen LogP contribution >= 0.6 is 43.5 Å². The Balaban J connectivity index is 2.18. The Morgan fingerprint density at radius 1 is 1.15 bits per heavy atom. The van der Waals surface area contributed by atoms with E-state index in [1.807, 2.05) is 36.4 Å². The monoisotopic (exact) mass is 418 g/mol. The largest absolute Gasteiger partial charge is 0.488 e.